The molecule has 6 nitrogen and oxygen atoms in total. The first kappa shape index (κ1) is 15.8. The molecule has 0 unspecified atom stereocenters. The van der Waals surface area contributed by atoms with Crippen LogP contribution in [0.5, 0.6) is 11.5 Å². The van der Waals surface area contributed by atoms with Gasteiger partial charge >= 0.3 is 0 Å². The molecule has 0 bridgehead atoms. The number of halogens is 1. The van der Waals surface area contributed by atoms with Gasteiger partial charge in [0.15, 0.2) is 12.7 Å². The molecular weight excluding hydrogens is 315 g/mol. The van der Waals surface area contributed by atoms with Crippen LogP contribution in [-0.4, -0.2) is 24.5 Å². The van der Waals surface area contributed by atoms with Crippen LogP contribution >= 0.6 is 0 Å². The smallest absolute Gasteiger partial charge is 0.265 e. The summed E-state index contributed by atoms with van der Waals surface area (Å²) >= 11 is 0. The number of carbonyl (C=O) groups excluding carboxylic acids is 2. The predicted molar refractivity (Wildman–Crippen MR) is 85.7 cm³/mol. The lowest BCUT2D eigenvalue weighted by atomic mass is 10.2. The highest BCUT2D eigenvalue weighted by Gasteiger charge is 2.23. The molecule has 7 heteroatoms. The number of carbonyl (C=O) groups is 2. The highest BCUT2D eigenvalue weighted by molar-refractivity contribution is 5.99. The number of hydrogen-bond acceptors (Lipinski definition) is 4. The third kappa shape index (κ3) is 3.62. The van der Waals surface area contributed by atoms with Crippen LogP contribution in [0.4, 0.5) is 15.8 Å². The van der Waals surface area contributed by atoms with E-state index in [1.807, 2.05) is 0 Å². The molecule has 2 amide bonds. The van der Waals surface area contributed by atoms with Gasteiger partial charge in [0.25, 0.3) is 11.8 Å². The molecule has 0 saturated heterocycles. The summed E-state index contributed by atoms with van der Waals surface area (Å²) in [5, 5.41) is 5.34. The van der Waals surface area contributed by atoms with Gasteiger partial charge in [-0.15, -0.1) is 0 Å². The van der Waals surface area contributed by atoms with E-state index in [2.05, 4.69) is 10.6 Å². The van der Waals surface area contributed by atoms with E-state index >= 15 is 0 Å². The van der Waals surface area contributed by atoms with E-state index in [1.54, 1.807) is 31.2 Å². The van der Waals surface area contributed by atoms with Crippen LogP contribution in [0.2, 0.25) is 0 Å². The Bertz CT molecular complexity index is 794. The van der Waals surface area contributed by atoms with Crippen LogP contribution in [-0.2, 0) is 9.59 Å². The molecule has 124 valence electrons. The molecule has 1 heterocycles. The Labute approximate surface area is 137 Å². The number of nitrogens with one attached hydrogen (secondary N) is 2. The maximum Gasteiger partial charge on any atom is 0.265 e. The molecule has 1 atom stereocenters. The molecule has 0 saturated carbocycles. The van der Waals surface area contributed by atoms with E-state index in [0.29, 0.717) is 17.1 Å². The summed E-state index contributed by atoms with van der Waals surface area (Å²) < 4.78 is 23.7. The van der Waals surface area contributed by atoms with E-state index < -0.39 is 17.8 Å². The fraction of sp³-hybridized carbons (Fsp3) is 0.176. The van der Waals surface area contributed by atoms with Crippen LogP contribution in [0.25, 0.3) is 0 Å². The lowest BCUT2D eigenvalue weighted by Gasteiger charge is -2.23. The molecular formula is C17H15FN2O4. The maximum absolute atomic E-state index is 13.0. The summed E-state index contributed by atoms with van der Waals surface area (Å²) in [7, 11) is 0. The third-order valence-corrected chi connectivity index (χ3v) is 3.36. The lowest BCUT2D eigenvalue weighted by molar-refractivity contribution is -0.122. The van der Waals surface area contributed by atoms with Crippen LogP contribution in [0.15, 0.2) is 42.5 Å². The Balaban J connectivity index is 1.61. The summed E-state index contributed by atoms with van der Waals surface area (Å²) in [6.07, 6.45) is -0.558. The Morgan fingerprint density at radius 3 is 2.96 bits per heavy atom. The van der Waals surface area contributed by atoms with E-state index in [1.165, 1.54) is 18.2 Å². The Morgan fingerprint density at radius 2 is 2.17 bits per heavy atom. The summed E-state index contributed by atoms with van der Waals surface area (Å²) in [5.41, 5.74) is 0.974. The van der Waals surface area contributed by atoms with Crippen molar-refractivity contribution in [2.45, 2.75) is 13.0 Å². The quantitative estimate of drug-likeness (QED) is 0.903. The molecule has 0 spiro atoms. The number of amides is 2. The van der Waals surface area contributed by atoms with E-state index in [4.69, 9.17) is 9.47 Å². The Hall–Kier alpha value is -3.09. The minimum Gasteiger partial charge on any atom is -0.484 e. The van der Waals surface area contributed by atoms with Gasteiger partial charge in [-0.05, 0) is 37.3 Å². The lowest BCUT2D eigenvalue weighted by Crippen LogP contribution is -2.34. The second-order valence-electron chi connectivity index (χ2n) is 5.25. The molecule has 0 aliphatic carbocycles. The number of rotatable bonds is 4. The first-order chi connectivity index (χ1) is 11.5. The van der Waals surface area contributed by atoms with Gasteiger partial charge in [-0.1, -0.05) is 6.07 Å². The van der Waals surface area contributed by atoms with Crippen molar-refractivity contribution in [1.29, 1.82) is 0 Å². The van der Waals surface area contributed by atoms with Crippen molar-refractivity contribution >= 4 is 23.2 Å². The first-order valence-electron chi connectivity index (χ1n) is 7.31. The predicted octanol–water partition coefficient (Wildman–Crippen LogP) is 2.56. The zero-order valence-electron chi connectivity index (χ0n) is 12.8. The average molecular weight is 330 g/mol. The zero-order valence-corrected chi connectivity index (χ0v) is 12.8. The number of fused-ring (bicyclic) bond motifs is 1. The molecule has 1 aliphatic heterocycles. The summed E-state index contributed by atoms with van der Waals surface area (Å²) in [6.45, 7) is 1.39. The number of anilines is 2. The second kappa shape index (κ2) is 6.57. The molecule has 0 radical (unpaired) electrons. The highest BCUT2D eigenvalue weighted by atomic mass is 19.1. The first-order valence-corrected chi connectivity index (χ1v) is 7.31. The standard InChI is InChI=1S/C17H15FN2O4/c1-10-17(22)20-14-8-12(5-6-15(14)24-10)19-16(21)9-23-13-4-2-3-11(18)7-13/h2-8,10H,9H2,1H3,(H,19,21)(H,20,22)/t10-/m0/s1. The van der Waals surface area contributed by atoms with Gasteiger partial charge in [0.1, 0.15) is 17.3 Å². The van der Waals surface area contributed by atoms with Crippen molar-refractivity contribution in [3.8, 4) is 11.5 Å². The van der Waals surface area contributed by atoms with Crippen molar-refractivity contribution < 1.29 is 23.5 Å². The molecule has 0 aromatic heterocycles. The van der Waals surface area contributed by atoms with E-state index in [0.717, 1.165) is 0 Å². The van der Waals surface area contributed by atoms with Crippen molar-refractivity contribution in [2.24, 2.45) is 0 Å². The van der Waals surface area contributed by atoms with E-state index in [-0.39, 0.29) is 18.3 Å². The fourth-order valence-corrected chi connectivity index (χ4v) is 2.19. The fourth-order valence-electron chi connectivity index (χ4n) is 2.19. The van der Waals surface area contributed by atoms with Crippen molar-refractivity contribution in [3.05, 3.63) is 48.3 Å². The van der Waals surface area contributed by atoms with Crippen LogP contribution in [0.1, 0.15) is 6.92 Å². The van der Waals surface area contributed by atoms with Gasteiger partial charge < -0.3 is 20.1 Å². The molecule has 2 N–H and O–H groups in total. The zero-order chi connectivity index (χ0) is 17.1. The van der Waals surface area contributed by atoms with E-state index in [9.17, 15) is 14.0 Å². The van der Waals surface area contributed by atoms with Crippen molar-refractivity contribution in [2.75, 3.05) is 17.2 Å². The summed E-state index contributed by atoms with van der Waals surface area (Å²) in [4.78, 5) is 23.5. The SMILES string of the molecule is C[C@@H]1Oc2ccc(NC(=O)COc3cccc(F)c3)cc2NC1=O. The van der Waals surface area contributed by atoms with Crippen LogP contribution in [0.3, 0.4) is 0 Å². The van der Waals surface area contributed by atoms with Gasteiger partial charge in [-0.25, -0.2) is 4.39 Å². The van der Waals surface area contributed by atoms with Gasteiger partial charge in [0, 0.05) is 11.8 Å². The topological polar surface area (TPSA) is 76.7 Å². The maximum atomic E-state index is 13.0. The van der Waals surface area contributed by atoms with Crippen molar-refractivity contribution in [3.63, 3.8) is 0 Å². The summed E-state index contributed by atoms with van der Waals surface area (Å²) in [6, 6.07) is 10.5. The molecule has 2 aromatic carbocycles. The monoisotopic (exact) mass is 330 g/mol. The summed E-state index contributed by atoms with van der Waals surface area (Å²) in [5.74, 6) is -0.287. The molecule has 0 fully saturated rings. The largest absolute Gasteiger partial charge is 0.484 e. The molecule has 24 heavy (non-hydrogen) atoms. The van der Waals surface area contributed by atoms with Gasteiger partial charge in [-0.3, -0.25) is 9.59 Å². The minimum absolute atomic E-state index is 0.250. The molecule has 3 rings (SSSR count). The minimum atomic E-state index is -0.558. The van der Waals surface area contributed by atoms with Gasteiger partial charge in [0.05, 0.1) is 5.69 Å². The second-order valence-corrected chi connectivity index (χ2v) is 5.25. The highest BCUT2D eigenvalue weighted by Crippen LogP contribution is 2.32. The number of hydrogen-bond donors (Lipinski definition) is 2. The average Bonchev–Trinajstić information content (AvgIpc) is 2.54. The van der Waals surface area contributed by atoms with Crippen LogP contribution < -0.4 is 20.1 Å². The van der Waals surface area contributed by atoms with Gasteiger partial charge in [0.2, 0.25) is 0 Å². The Kier molecular flexibility index (Phi) is 4.33. The third-order valence-electron chi connectivity index (χ3n) is 3.36. The Morgan fingerprint density at radius 1 is 1.33 bits per heavy atom. The molecule has 1 aliphatic rings. The van der Waals surface area contributed by atoms with Crippen LogP contribution in [0, 0.1) is 5.82 Å². The molecule has 2 aromatic rings. The van der Waals surface area contributed by atoms with Crippen molar-refractivity contribution in [1.82, 2.24) is 0 Å². The normalized spacial score (nSPS) is 15.8. The van der Waals surface area contributed by atoms with Gasteiger partial charge in [-0.2, -0.15) is 0 Å². The number of ether oxygens (including phenoxy) is 2. The number of benzene rings is 2.